The van der Waals surface area contributed by atoms with Crippen molar-refractivity contribution in [2.75, 3.05) is 17.2 Å². The number of nitrogen functional groups attached to an aromatic ring is 3. The first-order valence-corrected chi connectivity index (χ1v) is 4.06. The first-order chi connectivity index (χ1) is 5.66. The minimum Gasteiger partial charge on any atom is -0.396 e. The molecule has 0 radical (unpaired) electrons. The maximum absolute atomic E-state index is 5.55. The van der Waals surface area contributed by atoms with E-state index in [0.29, 0.717) is 22.3 Å². The number of nitrogens with two attached hydrogens (primary N) is 3. The summed E-state index contributed by atoms with van der Waals surface area (Å²) in [4.78, 5) is 7.93. The predicted octanol–water partition coefficient (Wildman–Crippen LogP) is 0.438. The van der Waals surface area contributed by atoms with Crippen LogP contribution in [0, 0.1) is 0 Å². The molecule has 0 amide bonds. The van der Waals surface area contributed by atoms with Gasteiger partial charge in [0.1, 0.15) is 5.82 Å². The van der Waals surface area contributed by atoms with Crippen LogP contribution in [0.4, 0.5) is 16.6 Å². The zero-order chi connectivity index (χ0) is 8.72. The van der Waals surface area contributed by atoms with Gasteiger partial charge in [-0.25, -0.2) is 9.97 Å². The Kier molecular flexibility index (Phi) is 1.31. The molecule has 2 rings (SSSR count). The summed E-state index contributed by atoms with van der Waals surface area (Å²) in [5.41, 5.74) is 17.5. The molecule has 0 bridgehead atoms. The molecule has 0 saturated carbocycles. The van der Waals surface area contributed by atoms with Crippen molar-refractivity contribution in [3.05, 3.63) is 6.07 Å². The molecule has 0 saturated heterocycles. The number of hydrogen-bond donors (Lipinski definition) is 3. The molecule has 0 spiro atoms. The summed E-state index contributed by atoms with van der Waals surface area (Å²) in [6, 6.07) is 1.73. The van der Waals surface area contributed by atoms with Crippen LogP contribution in [-0.4, -0.2) is 9.97 Å². The summed E-state index contributed by atoms with van der Waals surface area (Å²) < 4.78 is 0.860. The largest absolute Gasteiger partial charge is 0.396 e. The number of rotatable bonds is 0. The van der Waals surface area contributed by atoms with Gasteiger partial charge in [0.05, 0.1) is 10.4 Å². The third kappa shape index (κ3) is 0.928. The van der Waals surface area contributed by atoms with Crippen LogP contribution in [0.1, 0.15) is 0 Å². The van der Waals surface area contributed by atoms with E-state index < -0.39 is 0 Å². The fourth-order valence-electron chi connectivity index (χ4n) is 0.909. The van der Waals surface area contributed by atoms with Gasteiger partial charge in [0.25, 0.3) is 0 Å². The highest BCUT2D eigenvalue weighted by Gasteiger charge is 2.04. The molecule has 0 aliphatic carbocycles. The van der Waals surface area contributed by atoms with E-state index in [1.807, 2.05) is 0 Å². The monoisotopic (exact) mass is 181 g/mol. The molecule has 2 aromatic rings. The molecule has 5 nitrogen and oxygen atoms in total. The highest BCUT2D eigenvalue weighted by Crippen LogP contribution is 2.26. The quantitative estimate of drug-likeness (QED) is 0.547. The van der Waals surface area contributed by atoms with Crippen molar-refractivity contribution >= 4 is 38.3 Å². The van der Waals surface area contributed by atoms with Gasteiger partial charge in [-0.05, 0) is 6.07 Å². The third-order valence-corrected chi connectivity index (χ3v) is 2.28. The Labute approximate surface area is 72.2 Å². The van der Waals surface area contributed by atoms with Gasteiger partial charge in [-0.1, -0.05) is 11.3 Å². The summed E-state index contributed by atoms with van der Waals surface area (Å²) in [5, 5.41) is 0.475. The second kappa shape index (κ2) is 2.21. The van der Waals surface area contributed by atoms with Crippen LogP contribution >= 0.6 is 11.3 Å². The van der Waals surface area contributed by atoms with Crippen LogP contribution in [0.15, 0.2) is 6.07 Å². The van der Waals surface area contributed by atoms with Crippen molar-refractivity contribution in [3.8, 4) is 0 Å². The lowest BCUT2D eigenvalue weighted by molar-refractivity contribution is 1.34. The number of fused-ring (bicyclic) bond motifs is 1. The number of aromatic nitrogens is 2. The highest BCUT2D eigenvalue weighted by molar-refractivity contribution is 7.22. The smallest absolute Gasteiger partial charge is 0.182 e. The van der Waals surface area contributed by atoms with E-state index in [-0.39, 0.29) is 0 Å². The Bertz CT molecular complexity index is 396. The van der Waals surface area contributed by atoms with Gasteiger partial charge in [0.2, 0.25) is 0 Å². The second-order valence-corrected chi connectivity index (χ2v) is 3.40. The molecule has 12 heavy (non-hydrogen) atoms. The fraction of sp³-hybridized carbons (Fsp3) is 0. The first-order valence-electron chi connectivity index (χ1n) is 3.25. The highest BCUT2D eigenvalue weighted by atomic mass is 32.1. The number of anilines is 3. The summed E-state index contributed by atoms with van der Waals surface area (Å²) >= 11 is 1.34. The summed E-state index contributed by atoms with van der Waals surface area (Å²) in [5.74, 6) is 0.299. The standard InChI is InChI=1S/C6H7N5S/c7-2-1-3-5(10-4(2)8)11-6(9)12-3/h1H,7H2,(H4,8,9,10,11). The van der Waals surface area contributed by atoms with Gasteiger partial charge in [-0.15, -0.1) is 0 Å². The minimum absolute atomic E-state index is 0.299. The molecule has 0 aliphatic rings. The van der Waals surface area contributed by atoms with E-state index in [1.165, 1.54) is 11.3 Å². The molecule has 2 aromatic heterocycles. The van der Waals surface area contributed by atoms with Crippen molar-refractivity contribution < 1.29 is 0 Å². The minimum atomic E-state index is 0.299. The lowest BCUT2D eigenvalue weighted by atomic mass is 10.4. The van der Waals surface area contributed by atoms with Gasteiger partial charge in [-0.3, -0.25) is 0 Å². The van der Waals surface area contributed by atoms with Crippen LogP contribution in [0.3, 0.4) is 0 Å². The lowest BCUT2D eigenvalue weighted by Crippen LogP contribution is -1.97. The van der Waals surface area contributed by atoms with E-state index in [4.69, 9.17) is 17.2 Å². The average Bonchev–Trinajstić information content (AvgIpc) is 2.30. The molecule has 0 unspecified atom stereocenters. The van der Waals surface area contributed by atoms with Crippen molar-refractivity contribution in [1.82, 2.24) is 9.97 Å². The van der Waals surface area contributed by atoms with Gasteiger partial charge >= 0.3 is 0 Å². The molecule has 0 fully saturated rings. The molecular weight excluding hydrogens is 174 g/mol. The van der Waals surface area contributed by atoms with E-state index in [0.717, 1.165) is 4.70 Å². The Balaban J connectivity index is 2.83. The Morgan fingerprint density at radius 2 is 1.92 bits per heavy atom. The Hall–Kier alpha value is -1.56. The molecule has 62 valence electrons. The van der Waals surface area contributed by atoms with Crippen LogP contribution < -0.4 is 17.2 Å². The molecule has 0 atom stereocenters. The summed E-state index contributed by atoms with van der Waals surface area (Å²) in [6.45, 7) is 0. The van der Waals surface area contributed by atoms with Crippen molar-refractivity contribution in [2.24, 2.45) is 0 Å². The van der Waals surface area contributed by atoms with Crippen LogP contribution in [0.2, 0.25) is 0 Å². The third-order valence-electron chi connectivity index (χ3n) is 1.46. The zero-order valence-corrected chi connectivity index (χ0v) is 6.93. The lowest BCUT2D eigenvalue weighted by Gasteiger charge is -1.95. The van der Waals surface area contributed by atoms with Gasteiger partial charge in [0.15, 0.2) is 10.8 Å². The van der Waals surface area contributed by atoms with Crippen molar-refractivity contribution in [2.45, 2.75) is 0 Å². The number of hydrogen-bond acceptors (Lipinski definition) is 6. The summed E-state index contributed by atoms with van der Waals surface area (Å²) in [7, 11) is 0. The SMILES string of the molecule is Nc1nc2nc(N)c(N)cc2s1. The predicted molar refractivity (Wildman–Crippen MR) is 50.7 cm³/mol. The second-order valence-electron chi connectivity index (χ2n) is 2.34. The first kappa shape index (κ1) is 7.11. The Morgan fingerprint density at radius 1 is 1.17 bits per heavy atom. The fourth-order valence-corrected chi connectivity index (χ4v) is 1.63. The van der Waals surface area contributed by atoms with E-state index in [2.05, 4.69) is 9.97 Å². The van der Waals surface area contributed by atoms with Gasteiger partial charge < -0.3 is 17.2 Å². The van der Waals surface area contributed by atoms with Crippen LogP contribution in [-0.2, 0) is 0 Å². The molecule has 6 N–H and O–H groups in total. The van der Waals surface area contributed by atoms with E-state index in [9.17, 15) is 0 Å². The average molecular weight is 181 g/mol. The number of thiazole rings is 1. The zero-order valence-electron chi connectivity index (χ0n) is 6.11. The van der Waals surface area contributed by atoms with Crippen LogP contribution in [0.5, 0.6) is 0 Å². The number of nitrogens with zero attached hydrogens (tertiary/aromatic N) is 2. The van der Waals surface area contributed by atoms with Crippen LogP contribution in [0.25, 0.3) is 10.3 Å². The Morgan fingerprint density at radius 3 is 2.67 bits per heavy atom. The molecular formula is C6H7N5S. The maximum Gasteiger partial charge on any atom is 0.182 e. The molecule has 0 aliphatic heterocycles. The molecule has 0 aromatic carbocycles. The topological polar surface area (TPSA) is 104 Å². The number of pyridine rings is 1. The van der Waals surface area contributed by atoms with Crippen molar-refractivity contribution in [1.29, 1.82) is 0 Å². The van der Waals surface area contributed by atoms with E-state index >= 15 is 0 Å². The summed E-state index contributed by atoms with van der Waals surface area (Å²) in [6.07, 6.45) is 0. The van der Waals surface area contributed by atoms with Gasteiger partial charge in [0, 0.05) is 0 Å². The van der Waals surface area contributed by atoms with Crippen molar-refractivity contribution in [3.63, 3.8) is 0 Å². The molecule has 2 heterocycles. The van der Waals surface area contributed by atoms with E-state index in [1.54, 1.807) is 6.07 Å². The molecule has 6 heteroatoms. The van der Waals surface area contributed by atoms with Gasteiger partial charge in [-0.2, -0.15) is 0 Å². The normalized spacial score (nSPS) is 10.7. The maximum atomic E-state index is 5.55.